The maximum Gasteiger partial charge on any atom is 0.223 e. The van der Waals surface area contributed by atoms with Crippen LogP contribution in [0.25, 0.3) is 10.9 Å². The third-order valence-electron chi connectivity index (χ3n) is 5.34. The van der Waals surface area contributed by atoms with Crippen LogP contribution in [0.1, 0.15) is 75.5 Å². The highest BCUT2D eigenvalue weighted by molar-refractivity contribution is 5.89. The van der Waals surface area contributed by atoms with Gasteiger partial charge in [-0.3, -0.25) is 0 Å². The average Bonchev–Trinajstić information content (AvgIpc) is 2.65. The number of fused-ring (bicyclic) bond motifs is 1. The maximum absolute atomic E-state index is 5.85. The van der Waals surface area contributed by atoms with Crippen LogP contribution in [0.4, 0.5) is 5.95 Å². The van der Waals surface area contributed by atoms with E-state index in [2.05, 4.69) is 31.3 Å². The van der Waals surface area contributed by atoms with E-state index in [0.717, 1.165) is 41.3 Å². The van der Waals surface area contributed by atoms with Crippen LogP contribution >= 0.6 is 0 Å². The molecule has 136 valence electrons. The summed E-state index contributed by atoms with van der Waals surface area (Å²) in [6.45, 7) is 5.21. The second kappa shape index (κ2) is 8.50. The Bertz CT molecular complexity index is 708. The van der Waals surface area contributed by atoms with Gasteiger partial charge in [0.05, 0.1) is 23.7 Å². The molecule has 0 unspecified atom stereocenters. The summed E-state index contributed by atoms with van der Waals surface area (Å²) in [6.07, 6.45) is 10.1. The normalized spacial score (nSPS) is 15.5. The van der Waals surface area contributed by atoms with Crippen molar-refractivity contribution in [2.24, 2.45) is 0 Å². The zero-order valence-corrected chi connectivity index (χ0v) is 15.9. The standard InChI is InChI=1S/C21H31N3O/c1-4-5-9-14-22-21-23-15(2)19-18(24-21)13-12-17(20(19)25-3)16-10-7-6-8-11-16/h12-13,16H,4-11,14H2,1-3H3,(H,22,23,24). The lowest BCUT2D eigenvalue weighted by Crippen LogP contribution is -2.09. The first-order valence-corrected chi connectivity index (χ1v) is 9.83. The van der Waals surface area contributed by atoms with Crippen molar-refractivity contribution in [2.45, 2.75) is 71.1 Å². The van der Waals surface area contributed by atoms with Crippen LogP contribution in [0.2, 0.25) is 0 Å². The van der Waals surface area contributed by atoms with Crippen molar-refractivity contribution in [3.8, 4) is 5.75 Å². The smallest absolute Gasteiger partial charge is 0.223 e. The molecule has 1 aromatic carbocycles. The predicted molar refractivity (Wildman–Crippen MR) is 105 cm³/mol. The number of nitrogens with one attached hydrogen (secondary N) is 1. The van der Waals surface area contributed by atoms with E-state index in [1.807, 2.05) is 0 Å². The van der Waals surface area contributed by atoms with E-state index < -0.39 is 0 Å². The summed E-state index contributed by atoms with van der Waals surface area (Å²) >= 11 is 0. The van der Waals surface area contributed by atoms with Gasteiger partial charge in [-0.1, -0.05) is 45.1 Å². The highest BCUT2D eigenvalue weighted by Crippen LogP contribution is 2.41. The monoisotopic (exact) mass is 341 g/mol. The van der Waals surface area contributed by atoms with Crippen molar-refractivity contribution < 1.29 is 4.74 Å². The van der Waals surface area contributed by atoms with Crippen LogP contribution in [-0.4, -0.2) is 23.6 Å². The van der Waals surface area contributed by atoms with Crippen molar-refractivity contribution in [1.82, 2.24) is 9.97 Å². The molecule has 0 radical (unpaired) electrons. The molecule has 1 heterocycles. The molecule has 0 aliphatic heterocycles. The summed E-state index contributed by atoms with van der Waals surface area (Å²) in [6, 6.07) is 4.37. The molecule has 1 aliphatic carbocycles. The highest BCUT2D eigenvalue weighted by atomic mass is 16.5. The van der Waals surface area contributed by atoms with Gasteiger partial charge in [0.15, 0.2) is 0 Å². The summed E-state index contributed by atoms with van der Waals surface area (Å²) in [7, 11) is 1.78. The molecule has 0 atom stereocenters. The van der Waals surface area contributed by atoms with Crippen LogP contribution in [0.3, 0.4) is 0 Å². The number of hydrogen-bond acceptors (Lipinski definition) is 4. The van der Waals surface area contributed by atoms with Crippen LogP contribution in [0, 0.1) is 6.92 Å². The molecule has 3 rings (SSSR count). The number of anilines is 1. The average molecular weight is 341 g/mol. The number of aromatic nitrogens is 2. The molecule has 0 spiro atoms. The van der Waals surface area contributed by atoms with Crippen LogP contribution < -0.4 is 10.1 Å². The fourth-order valence-electron chi connectivity index (χ4n) is 3.99. The van der Waals surface area contributed by atoms with Crippen LogP contribution in [0.5, 0.6) is 5.75 Å². The molecule has 1 saturated carbocycles. The van der Waals surface area contributed by atoms with Gasteiger partial charge in [-0.15, -0.1) is 0 Å². The molecule has 1 aliphatic rings. The second-order valence-electron chi connectivity index (χ2n) is 7.18. The van der Waals surface area contributed by atoms with Crippen molar-refractivity contribution >= 4 is 16.9 Å². The first kappa shape index (κ1) is 18.0. The summed E-state index contributed by atoms with van der Waals surface area (Å²) in [5.41, 5.74) is 3.31. The summed E-state index contributed by atoms with van der Waals surface area (Å²) < 4.78 is 5.85. The van der Waals surface area contributed by atoms with E-state index in [4.69, 9.17) is 14.7 Å². The van der Waals surface area contributed by atoms with Gasteiger partial charge in [0.2, 0.25) is 5.95 Å². The van der Waals surface area contributed by atoms with Gasteiger partial charge in [0, 0.05) is 6.54 Å². The number of rotatable bonds is 7. The summed E-state index contributed by atoms with van der Waals surface area (Å²) in [5, 5.41) is 4.44. The topological polar surface area (TPSA) is 47.0 Å². The second-order valence-corrected chi connectivity index (χ2v) is 7.18. The number of nitrogens with zero attached hydrogens (tertiary/aromatic N) is 2. The Morgan fingerprint density at radius 1 is 1.12 bits per heavy atom. The van der Waals surface area contributed by atoms with Gasteiger partial charge in [0.1, 0.15) is 5.75 Å². The largest absolute Gasteiger partial charge is 0.496 e. The van der Waals surface area contributed by atoms with Crippen molar-refractivity contribution in [1.29, 1.82) is 0 Å². The molecular formula is C21H31N3O. The lowest BCUT2D eigenvalue weighted by atomic mass is 9.83. The Hall–Kier alpha value is -1.84. The SMILES string of the molecule is CCCCCNc1nc(C)c2c(OC)c(C3CCCCC3)ccc2n1. The summed E-state index contributed by atoms with van der Waals surface area (Å²) in [5.74, 6) is 2.33. The minimum Gasteiger partial charge on any atom is -0.496 e. The third-order valence-corrected chi connectivity index (χ3v) is 5.34. The Labute approximate surface area is 151 Å². The molecule has 4 nitrogen and oxygen atoms in total. The Morgan fingerprint density at radius 3 is 2.64 bits per heavy atom. The molecule has 0 bridgehead atoms. The number of ether oxygens (including phenoxy) is 1. The predicted octanol–water partition coefficient (Wildman–Crippen LogP) is 5.60. The molecule has 2 aromatic rings. The molecular weight excluding hydrogens is 310 g/mol. The van der Waals surface area contributed by atoms with Gasteiger partial charge in [-0.25, -0.2) is 9.97 Å². The van der Waals surface area contributed by atoms with E-state index in [1.165, 1.54) is 50.5 Å². The van der Waals surface area contributed by atoms with Gasteiger partial charge < -0.3 is 10.1 Å². The molecule has 0 amide bonds. The molecule has 1 fully saturated rings. The van der Waals surface area contributed by atoms with Crippen LogP contribution in [-0.2, 0) is 0 Å². The van der Waals surface area contributed by atoms with Crippen molar-refractivity contribution in [3.63, 3.8) is 0 Å². The fraction of sp³-hybridized carbons (Fsp3) is 0.619. The summed E-state index contributed by atoms with van der Waals surface area (Å²) in [4.78, 5) is 9.42. The number of hydrogen-bond donors (Lipinski definition) is 1. The van der Waals surface area contributed by atoms with Gasteiger partial charge in [-0.05, 0) is 43.7 Å². The fourth-order valence-corrected chi connectivity index (χ4v) is 3.99. The Balaban J connectivity index is 1.91. The molecule has 1 N–H and O–H groups in total. The van der Waals surface area contributed by atoms with Crippen molar-refractivity contribution in [2.75, 3.05) is 19.0 Å². The van der Waals surface area contributed by atoms with Gasteiger partial charge in [0.25, 0.3) is 0 Å². The molecule has 25 heavy (non-hydrogen) atoms. The quantitative estimate of drug-likeness (QED) is 0.666. The Morgan fingerprint density at radius 2 is 1.92 bits per heavy atom. The maximum atomic E-state index is 5.85. The number of unbranched alkanes of at least 4 members (excludes halogenated alkanes) is 2. The molecule has 0 saturated heterocycles. The highest BCUT2D eigenvalue weighted by Gasteiger charge is 2.22. The minimum atomic E-state index is 0.611. The first-order valence-electron chi connectivity index (χ1n) is 9.83. The van der Waals surface area contributed by atoms with E-state index in [-0.39, 0.29) is 0 Å². The van der Waals surface area contributed by atoms with E-state index in [1.54, 1.807) is 7.11 Å². The van der Waals surface area contributed by atoms with E-state index in [0.29, 0.717) is 5.92 Å². The minimum absolute atomic E-state index is 0.611. The number of benzene rings is 1. The lowest BCUT2D eigenvalue weighted by Gasteiger charge is -2.24. The van der Waals surface area contributed by atoms with E-state index >= 15 is 0 Å². The Kier molecular flexibility index (Phi) is 6.11. The van der Waals surface area contributed by atoms with Crippen LogP contribution in [0.15, 0.2) is 12.1 Å². The zero-order chi connectivity index (χ0) is 17.6. The third kappa shape index (κ3) is 4.05. The van der Waals surface area contributed by atoms with Gasteiger partial charge >= 0.3 is 0 Å². The van der Waals surface area contributed by atoms with E-state index in [9.17, 15) is 0 Å². The van der Waals surface area contributed by atoms with Gasteiger partial charge in [-0.2, -0.15) is 0 Å². The zero-order valence-electron chi connectivity index (χ0n) is 15.9. The molecule has 4 heteroatoms. The first-order chi connectivity index (χ1) is 12.2. The van der Waals surface area contributed by atoms with Crippen molar-refractivity contribution in [3.05, 3.63) is 23.4 Å². The molecule has 1 aromatic heterocycles. The number of aryl methyl sites for hydroxylation is 1. The lowest BCUT2D eigenvalue weighted by molar-refractivity contribution is 0.391. The number of methoxy groups -OCH3 is 1.